The van der Waals surface area contributed by atoms with Crippen molar-refractivity contribution in [2.45, 2.75) is 36.2 Å². The van der Waals surface area contributed by atoms with Crippen LogP contribution in [0.2, 0.25) is 0 Å². The number of hydrogen-bond donors (Lipinski definition) is 0. The minimum Gasteiger partial charge on any atom is -0.467 e. The summed E-state index contributed by atoms with van der Waals surface area (Å²) in [5.74, 6) is 0.321. The van der Waals surface area contributed by atoms with Gasteiger partial charge in [-0.25, -0.2) is 9.18 Å². The molecule has 29 heavy (non-hydrogen) atoms. The van der Waals surface area contributed by atoms with Crippen LogP contribution in [0, 0.1) is 5.82 Å². The van der Waals surface area contributed by atoms with Crippen LogP contribution in [0.25, 0.3) is 10.8 Å². The fourth-order valence-corrected chi connectivity index (χ4v) is 5.70. The molecule has 4 nitrogen and oxygen atoms in total. The molecule has 1 aliphatic heterocycles. The summed E-state index contributed by atoms with van der Waals surface area (Å²) in [5, 5.41) is 2.36. The lowest BCUT2D eigenvalue weighted by atomic mass is 9.94. The van der Waals surface area contributed by atoms with Crippen LogP contribution >= 0.6 is 11.8 Å². The average molecular weight is 409 g/mol. The maximum Gasteiger partial charge on any atom is 0.329 e. The van der Waals surface area contributed by atoms with Crippen LogP contribution in [0.3, 0.4) is 0 Å². The number of halogens is 1. The highest BCUT2D eigenvalue weighted by Crippen LogP contribution is 2.48. The summed E-state index contributed by atoms with van der Waals surface area (Å²) in [6.45, 7) is 0. The molecule has 2 aromatic carbocycles. The third-order valence-electron chi connectivity index (χ3n) is 5.82. The Morgan fingerprint density at radius 3 is 2.66 bits per heavy atom. The molecule has 0 amide bonds. The van der Waals surface area contributed by atoms with Crippen molar-refractivity contribution in [3.63, 3.8) is 0 Å². The van der Waals surface area contributed by atoms with Gasteiger partial charge in [0.2, 0.25) is 0 Å². The lowest BCUT2D eigenvalue weighted by Crippen LogP contribution is -2.30. The zero-order valence-electron chi connectivity index (χ0n) is 16.0. The first-order chi connectivity index (χ1) is 14.1. The molecule has 148 valence electrons. The van der Waals surface area contributed by atoms with E-state index in [1.54, 1.807) is 28.5 Å². The van der Waals surface area contributed by atoms with Crippen molar-refractivity contribution in [1.82, 2.24) is 4.57 Å². The van der Waals surface area contributed by atoms with Gasteiger partial charge in [0.05, 0.1) is 12.1 Å². The van der Waals surface area contributed by atoms with E-state index in [9.17, 15) is 14.0 Å². The van der Waals surface area contributed by atoms with Gasteiger partial charge in [0, 0.05) is 17.2 Å². The molecule has 0 spiro atoms. The zero-order valence-corrected chi connectivity index (χ0v) is 16.8. The first kappa shape index (κ1) is 18.4. The average Bonchev–Trinajstić information content (AvgIpc) is 3.47. The monoisotopic (exact) mass is 409 g/mol. The molecule has 6 heteroatoms. The number of nitrogens with zero attached hydrogens (tertiary/aromatic N) is 1. The SMILES string of the molecule is COC(=O)C1CSc2c(C3CC3)c(Cc3ccc(F)c4ccccc34)cc(=O)n21. The summed E-state index contributed by atoms with van der Waals surface area (Å²) < 4.78 is 20.7. The Bertz CT molecular complexity index is 1200. The van der Waals surface area contributed by atoms with E-state index in [1.165, 1.54) is 18.7 Å². The maximum absolute atomic E-state index is 14.2. The Kier molecular flexibility index (Phi) is 4.46. The minimum atomic E-state index is -0.564. The molecule has 2 heterocycles. The van der Waals surface area contributed by atoms with Gasteiger partial charge in [0.25, 0.3) is 5.56 Å². The Morgan fingerprint density at radius 1 is 1.17 bits per heavy atom. The molecule has 5 rings (SSSR count). The van der Waals surface area contributed by atoms with Crippen molar-refractivity contribution in [2.24, 2.45) is 0 Å². The van der Waals surface area contributed by atoms with E-state index in [2.05, 4.69) is 0 Å². The highest BCUT2D eigenvalue weighted by Gasteiger charge is 2.38. The van der Waals surface area contributed by atoms with Gasteiger partial charge in [0.1, 0.15) is 11.9 Å². The highest BCUT2D eigenvalue weighted by molar-refractivity contribution is 7.99. The molecule has 1 saturated carbocycles. The fourth-order valence-electron chi connectivity index (χ4n) is 4.29. The molecule has 0 radical (unpaired) electrons. The fraction of sp³-hybridized carbons (Fsp3) is 0.304. The van der Waals surface area contributed by atoms with Gasteiger partial charge in [0.15, 0.2) is 0 Å². The number of thioether (sulfide) groups is 1. The molecule has 1 fully saturated rings. The van der Waals surface area contributed by atoms with Gasteiger partial charge >= 0.3 is 5.97 Å². The molecule has 1 aliphatic carbocycles. The van der Waals surface area contributed by atoms with Crippen LogP contribution in [0.5, 0.6) is 0 Å². The number of esters is 1. The summed E-state index contributed by atoms with van der Waals surface area (Å²) in [6, 6.07) is 11.8. The smallest absolute Gasteiger partial charge is 0.329 e. The predicted molar refractivity (Wildman–Crippen MR) is 111 cm³/mol. The van der Waals surface area contributed by atoms with Crippen LogP contribution in [0.15, 0.2) is 52.3 Å². The van der Waals surface area contributed by atoms with E-state index in [0.29, 0.717) is 23.5 Å². The molecule has 2 aliphatic rings. The van der Waals surface area contributed by atoms with Crippen molar-refractivity contribution in [3.8, 4) is 0 Å². The van der Waals surface area contributed by atoms with E-state index in [-0.39, 0.29) is 17.3 Å². The number of carbonyl (C=O) groups excluding carboxylic acids is 1. The lowest BCUT2D eigenvalue weighted by Gasteiger charge is -2.17. The van der Waals surface area contributed by atoms with Gasteiger partial charge in [-0.1, -0.05) is 30.3 Å². The van der Waals surface area contributed by atoms with Gasteiger partial charge in [-0.2, -0.15) is 0 Å². The molecule has 1 atom stereocenters. The first-order valence-corrected chi connectivity index (χ1v) is 10.7. The second-order valence-electron chi connectivity index (χ2n) is 7.65. The maximum atomic E-state index is 14.2. The molecular weight excluding hydrogens is 389 g/mol. The standard InChI is InChI=1S/C23H20FNO3S/c1-28-23(27)19-12-29-22-21(13-6-7-13)15(11-20(26)25(19)22)10-14-8-9-18(24)17-5-3-2-4-16(14)17/h2-5,8-9,11,13,19H,6-7,10,12H2,1H3. The van der Waals surface area contributed by atoms with Crippen molar-refractivity contribution >= 4 is 28.5 Å². The normalized spacial score (nSPS) is 18.1. The Labute approximate surface area is 171 Å². The van der Waals surface area contributed by atoms with E-state index in [4.69, 9.17) is 4.74 Å². The van der Waals surface area contributed by atoms with Crippen LogP contribution in [0.1, 0.15) is 41.5 Å². The molecule has 1 unspecified atom stereocenters. The second-order valence-corrected chi connectivity index (χ2v) is 8.66. The number of methoxy groups -OCH3 is 1. The summed E-state index contributed by atoms with van der Waals surface area (Å²) in [6.07, 6.45) is 2.75. The molecular formula is C23H20FNO3S. The summed E-state index contributed by atoms with van der Waals surface area (Å²) in [5.41, 5.74) is 2.99. The van der Waals surface area contributed by atoms with Gasteiger partial charge in [-0.05, 0) is 53.3 Å². The molecule has 0 N–H and O–H groups in total. The molecule has 1 aromatic heterocycles. The third-order valence-corrected chi connectivity index (χ3v) is 6.99. The summed E-state index contributed by atoms with van der Waals surface area (Å²) in [4.78, 5) is 25.1. The Balaban J connectivity index is 1.65. The summed E-state index contributed by atoms with van der Waals surface area (Å²) >= 11 is 1.56. The predicted octanol–water partition coefficient (Wildman–Crippen LogP) is 4.43. The van der Waals surface area contributed by atoms with E-state index >= 15 is 0 Å². The van der Waals surface area contributed by atoms with Crippen LogP contribution in [0.4, 0.5) is 4.39 Å². The number of rotatable bonds is 4. The number of ether oxygens (including phenoxy) is 1. The summed E-state index contributed by atoms with van der Waals surface area (Å²) in [7, 11) is 1.35. The topological polar surface area (TPSA) is 48.3 Å². The van der Waals surface area contributed by atoms with E-state index in [0.717, 1.165) is 34.4 Å². The number of fused-ring (bicyclic) bond motifs is 2. The van der Waals surface area contributed by atoms with Crippen molar-refractivity contribution in [1.29, 1.82) is 0 Å². The quantitative estimate of drug-likeness (QED) is 0.598. The highest BCUT2D eigenvalue weighted by atomic mass is 32.2. The first-order valence-electron chi connectivity index (χ1n) is 9.73. The Hall–Kier alpha value is -2.60. The Morgan fingerprint density at radius 2 is 1.93 bits per heavy atom. The van der Waals surface area contributed by atoms with Crippen LogP contribution in [-0.4, -0.2) is 23.4 Å². The van der Waals surface area contributed by atoms with Crippen molar-refractivity contribution in [2.75, 3.05) is 12.9 Å². The second kappa shape index (κ2) is 7.02. The third kappa shape index (κ3) is 3.06. The molecule has 0 bridgehead atoms. The van der Waals surface area contributed by atoms with Crippen molar-refractivity contribution in [3.05, 3.63) is 75.3 Å². The zero-order chi connectivity index (χ0) is 20.1. The molecule has 3 aromatic rings. The van der Waals surface area contributed by atoms with Crippen LogP contribution in [-0.2, 0) is 16.0 Å². The van der Waals surface area contributed by atoms with Gasteiger partial charge < -0.3 is 4.74 Å². The number of carbonyl (C=O) groups is 1. The van der Waals surface area contributed by atoms with Crippen molar-refractivity contribution < 1.29 is 13.9 Å². The van der Waals surface area contributed by atoms with Crippen LogP contribution < -0.4 is 5.56 Å². The van der Waals surface area contributed by atoms with E-state index < -0.39 is 6.04 Å². The number of aromatic nitrogens is 1. The largest absolute Gasteiger partial charge is 0.467 e. The van der Waals surface area contributed by atoms with Gasteiger partial charge in [-0.15, -0.1) is 11.8 Å². The lowest BCUT2D eigenvalue weighted by molar-refractivity contribution is -0.143. The van der Waals surface area contributed by atoms with Gasteiger partial charge in [-0.3, -0.25) is 9.36 Å². The number of hydrogen-bond acceptors (Lipinski definition) is 4. The molecule has 0 saturated heterocycles. The van der Waals surface area contributed by atoms with E-state index in [1.807, 2.05) is 24.3 Å². The number of pyridine rings is 1. The minimum absolute atomic E-state index is 0.175. The number of benzene rings is 2.